The Hall–Kier alpha value is -4.71. The second-order valence-corrected chi connectivity index (χ2v) is 10.2. The van der Waals surface area contributed by atoms with Crippen molar-refractivity contribution in [2.24, 2.45) is 7.05 Å². The summed E-state index contributed by atoms with van der Waals surface area (Å²) in [7, 11) is 1.90. The van der Waals surface area contributed by atoms with Crippen molar-refractivity contribution >= 4 is 23.3 Å². The molecule has 4 aromatic rings. The highest BCUT2D eigenvalue weighted by Gasteiger charge is 2.20. The van der Waals surface area contributed by atoms with Crippen LogP contribution >= 0.6 is 0 Å². The third-order valence-electron chi connectivity index (χ3n) is 7.13. The quantitative estimate of drug-likeness (QED) is 0.217. The SMILES string of the molecule is Cc1c(Nc2ccc(CNCC3CN(Cc4ccccc4)CCO3)cc2)c(=O)n(-c2ccccc2)n1C.O=C(O)C(=O)O. The number of ether oxygens (including phenoxy) is 1. The van der Waals surface area contributed by atoms with Crippen molar-refractivity contribution in [2.45, 2.75) is 26.1 Å². The maximum absolute atomic E-state index is 13.2. The van der Waals surface area contributed by atoms with E-state index in [2.05, 4.69) is 58.0 Å². The lowest BCUT2D eigenvalue weighted by molar-refractivity contribution is -0.159. The molecule has 3 aromatic carbocycles. The van der Waals surface area contributed by atoms with Gasteiger partial charge in [0, 0.05) is 45.5 Å². The highest BCUT2D eigenvalue weighted by molar-refractivity contribution is 6.27. The molecule has 1 aliphatic rings. The first-order valence-electron chi connectivity index (χ1n) is 14.0. The zero-order valence-electron chi connectivity index (χ0n) is 24.3. The summed E-state index contributed by atoms with van der Waals surface area (Å²) in [4.78, 5) is 33.8. The fourth-order valence-electron chi connectivity index (χ4n) is 4.83. The van der Waals surface area contributed by atoms with Crippen molar-refractivity contribution < 1.29 is 24.5 Å². The number of anilines is 2. The van der Waals surface area contributed by atoms with Gasteiger partial charge in [-0.1, -0.05) is 60.7 Å². The topological polar surface area (TPSA) is 138 Å². The minimum Gasteiger partial charge on any atom is -0.473 e. The number of aromatic nitrogens is 2. The van der Waals surface area contributed by atoms with E-state index in [0.29, 0.717) is 5.69 Å². The van der Waals surface area contributed by atoms with Crippen LogP contribution in [0.4, 0.5) is 11.4 Å². The lowest BCUT2D eigenvalue weighted by Gasteiger charge is -2.33. The summed E-state index contributed by atoms with van der Waals surface area (Å²) in [6.45, 7) is 7.17. The van der Waals surface area contributed by atoms with E-state index in [1.54, 1.807) is 4.68 Å². The van der Waals surface area contributed by atoms with Gasteiger partial charge < -0.3 is 25.6 Å². The van der Waals surface area contributed by atoms with Crippen molar-refractivity contribution in [2.75, 3.05) is 31.6 Å². The zero-order valence-corrected chi connectivity index (χ0v) is 24.3. The van der Waals surface area contributed by atoms with Gasteiger partial charge in [-0.3, -0.25) is 14.4 Å². The van der Waals surface area contributed by atoms with E-state index in [1.807, 2.05) is 61.1 Å². The fraction of sp³-hybridized carbons (Fsp3) is 0.281. The molecule has 1 saturated heterocycles. The van der Waals surface area contributed by atoms with Crippen LogP contribution in [-0.4, -0.2) is 68.8 Å². The van der Waals surface area contributed by atoms with Gasteiger partial charge in [-0.25, -0.2) is 14.3 Å². The maximum atomic E-state index is 13.2. The first kappa shape index (κ1) is 31.2. The molecule has 0 aliphatic carbocycles. The van der Waals surface area contributed by atoms with Crippen LogP contribution in [0.3, 0.4) is 0 Å². The molecule has 0 radical (unpaired) electrons. The van der Waals surface area contributed by atoms with Crippen molar-refractivity contribution in [1.29, 1.82) is 0 Å². The van der Waals surface area contributed by atoms with Crippen LogP contribution in [0, 0.1) is 6.92 Å². The predicted molar refractivity (Wildman–Crippen MR) is 164 cm³/mol. The Bertz CT molecular complexity index is 1540. The normalized spacial score (nSPS) is 14.9. The van der Waals surface area contributed by atoms with E-state index in [0.717, 1.165) is 56.4 Å². The Morgan fingerprint density at radius 2 is 1.53 bits per heavy atom. The summed E-state index contributed by atoms with van der Waals surface area (Å²) in [5, 5.41) is 21.7. The van der Waals surface area contributed by atoms with E-state index >= 15 is 0 Å². The number of carboxylic acid groups (broad SMARTS) is 2. The van der Waals surface area contributed by atoms with Crippen molar-refractivity contribution in [1.82, 2.24) is 19.6 Å². The van der Waals surface area contributed by atoms with Crippen LogP contribution in [0.25, 0.3) is 5.69 Å². The molecule has 11 heteroatoms. The first-order chi connectivity index (χ1) is 20.7. The molecule has 5 rings (SSSR count). The van der Waals surface area contributed by atoms with Gasteiger partial charge in [0.25, 0.3) is 5.56 Å². The van der Waals surface area contributed by atoms with Crippen LogP contribution in [0.2, 0.25) is 0 Å². The molecule has 43 heavy (non-hydrogen) atoms. The summed E-state index contributed by atoms with van der Waals surface area (Å²) >= 11 is 0. The van der Waals surface area contributed by atoms with Gasteiger partial charge in [0.15, 0.2) is 0 Å². The van der Waals surface area contributed by atoms with E-state index in [-0.39, 0.29) is 11.7 Å². The first-order valence-corrected chi connectivity index (χ1v) is 14.0. The largest absolute Gasteiger partial charge is 0.473 e. The van der Waals surface area contributed by atoms with Crippen LogP contribution < -0.4 is 16.2 Å². The summed E-state index contributed by atoms with van der Waals surface area (Å²) < 4.78 is 9.55. The Morgan fingerprint density at radius 3 is 2.16 bits per heavy atom. The van der Waals surface area contributed by atoms with Crippen LogP contribution in [-0.2, 0) is 34.5 Å². The highest BCUT2D eigenvalue weighted by Crippen LogP contribution is 2.20. The minimum absolute atomic E-state index is 0.0641. The van der Waals surface area contributed by atoms with E-state index in [9.17, 15) is 4.79 Å². The zero-order chi connectivity index (χ0) is 30.8. The molecule has 11 nitrogen and oxygen atoms in total. The van der Waals surface area contributed by atoms with Crippen LogP contribution in [0.1, 0.15) is 16.8 Å². The molecule has 1 aliphatic heterocycles. The summed E-state index contributed by atoms with van der Waals surface area (Å²) in [6, 6.07) is 28.5. The number of nitrogens with zero attached hydrogens (tertiary/aromatic N) is 3. The number of para-hydroxylation sites is 1. The van der Waals surface area contributed by atoms with Crippen LogP contribution in [0.5, 0.6) is 0 Å². The molecule has 0 bridgehead atoms. The van der Waals surface area contributed by atoms with Crippen LogP contribution in [0.15, 0.2) is 89.7 Å². The molecule has 1 atom stereocenters. The molecule has 2 heterocycles. The third-order valence-corrected chi connectivity index (χ3v) is 7.13. The van der Waals surface area contributed by atoms with Gasteiger partial charge >= 0.3 is 11.9 Å². The Kier molecular flexibility index (Phi) is 10.9. The molecule has 0 spiro atoms. The molecule has 0 saturated carbocycles. The number of carbonyl (C=O) groups is 2. The van der Waals surface area contributed by atoms with Crippen molar-refractivity contribution in [3.63, 3.8) is 0 Å². The number of benzene rings is 3. The Morgan fingerprint density at radius 1 is 0.907 bits per heavy atom. The van der Waals surface area contributed by atoms with E-state index < -0.39 is 11.9 Å². The average Bonchev–Trinajstić information content (AvgIpc) is 3.22. The number of rotatable bonds is 9. The third kappa shape index (κ3) is 8.65. The van der Waals surface area contributed by atoms with Gasteiger partial charge in [-0.2, -0.15) is 0 Å². The number of morpholine rings is 1. The number of hydrogen-bond acceptors (Lipinski definition) is 7. The van der Waals surface area contributed by atoms with Gasteiger partial charge in [-0.15, -0.1) is 0 Å². The fourth-order valence-corrected chi connectivity index (χ4v) is 4.83. The molecule has 4 N–H and O–H groups in total. The lowest BCUT2D eigenvalue weighted by Crippen LogP contribution is -2.46. The molecular weight excluding hydrogens is 550 g/mol. The standard InChI is InChI=1S/C30H35N5O2.C2H2O4/c1-23-29(30(36)35(33(23)2)27-11-7-4-8-12-27)32-26-15-13-24(14-16-26)19-31-20-28-22-34(17-18-37-28)21-25-9-5-3-6-10-25;3-1(4)2(5)6/h3-16,28,31-32H,17-22H2,1-2H3;(H,3,4)(H,5,6). The Labute approximate surface area is 249 Å². The monoisotopic (exact) mass is 587 g/mol. The highest BCUT2D eigenvalue weighted by atomic mass is 16.5. The summed E-state index contributed by atoms with van der Waals surface area (Å²) in [5.41, 5.74) is 5.67. The predicted octanol–water partition coefficient (Wildman–Crippen LogP) is 3.37. The summed E-state index contributed by atoms with van der Waals surface area (Å²) in [6.07, 6.45) is 0.186. The minimum atomic E-state index is -1.82. The lowest BCUT2D eigenvalue weighted by atomic mass is 10.1. The molecule has 226 valence electrons. The van der Waals surface area contributed by atoms with E-state index in [4.69, 9.17) is 24.5 Å². The van der Waals surface area contributed by atoms with Gasteiger partial charge in [0.1, 0.15) is 5.69 Å². The van der Waals surface area contributed by atoms with Gasteiger partial charge in [0.05, 0.1) is 24.1 Å². The van der Waals surface area contributed by atoms with Gasteiger partial charge in [0.2, 0.25) is 0 Å². The van der Waals surface area contributed by atoms with E-state index in [1.165, 1.54) is 11.1 Å². The van der Waals surface area contributed by atoms with Crippen molar-refractivity contribution in [3.05, 3.63) is 112 Å². The smallest absolute Gasteiger partial charge is 0.414 e. The molecule has 1 unspecified atom stereocenters. The second-order valence-electron chi connectivity index (χ2n) is 10.2. The molecule has 1 fully saturated rings. The number of nitrogens with one attached hydrogen (secondary N) is 2. The number of aliphatic carboxylic acids is 2. The molecule has 1 aromatic heterocycles. The van der Waals surface area contributed by atoms with Gasteiger partial charge in [-0.05, 0) is 42.3 Å². The molecular formula is C32H37N5O6. The molecule has 0 amide bonds. The second kappa shape index (κ2) is 15.0. The Balaban J connectivity index is 0.000000641. The number of carboxylic acids is 2. The van der Waals surface area contributed by atoms with Crippen molar-refractivity contribution in [3.8, 4) is 5.69 Å². The maximum Gasteiger partial charge on any atom is 0.414 e. The average molecular weight is 588 g/mol. The number of hydrogen-bond donors (Lipinski definition) is 4. The summed E-state index contributed by atoms with van der Waals surface area (Å²) in [5.74, 6) is -3.65.